The predicted octanol–water partition coefficient (Wildman–Crippen LogP) is 3.96. The molecule has 0 aliphatic carbocycles. The number of nitrogens with zero attached hydrogens (tertiary/aromatic N) is 1. The molecular formula is C23H30N2O3S. The second-order valence-electron chi connectivity index (χ2n) is 7.89. The minimum Gasteiger partial charge on any atom is -0.352 e. The highest BCUT2D eigenvalue weighted by molar-refractivity contribution is 7.89. The van der Waals surface area contributed by atoms with Crippen molar-refractivity contribution in [2.45, 2.75) is 50.3 Å². The zero-order valence-corrected chi connectivity index (χ0v) is 18.0. The quantitative estimate of drug-likeness (QED) is 0.665. The Morgan fingerprint density at radius 3 is 2.41 bits per heavy atom. The Labute approximate surface area is 174 Å². The summed E-state index contributed by atoms with van der Waals surface area (Å²) in [5, 5.41) is 2.90. The third-order valence-electron chi connectivity index (χ3n) is 5.37. The van der Waals surface area contributed by atoms with E-state index < -0.39 is 10.0 Å². The second-order valence-corrected chi connectivity index (χ2v) is 9.83. The van der Waals surface area contributed by atoms with Crippen molar-refractivity contribution in [2.24, 2.45) is 0 Å². The van der Waals surface area contributed by atoms with E-state index >= 15 is 0 Å². The van der Waals surface area contributed by atoms with Crippen LogP contribution in [0.25, 0.3) is 0 Å². The SMILES string of the molecule is CC(C)c1ccc(CCCNC(=O)c2cccc(S(=O)(=O)N3CCCC3)c2)cc1. The number of hydrogen-bond donors (Lipinski definition) is 1. The molecule has 0 unspecified atom stereocenters. The molecule has 5 nitrogen and oxygen atoms in total. The monoisotopic (exact) mass is 414 g/mol. The maximum absolute atomic E-state index is 12.7. The van der Waals surface area contributed by atoms with Crippen molar-refractivity contribution in [1.29, 1.82) is 0 Å². The second kappa shape index (κ2) is 9.55. The van der Waals surface area contributed by atoms with Gasteiger partial charge in [-0.3, -0.25) is 4.79 Å². The number of amides is 1. The van der Waals surface area contributed by atoms with E-state index in [-0.39, 0.29) is 10.8 Å². The van der Waals surface area contributed by atoms with Gasteiger partial charge in [0, 0.05) is 25.2 Å². The molecule has 1 heterocycles. The van der Waals surface area contributed by atoms with Crippen molar-refractivity contribution in [2.75, 3.05) is 19.6 Å². The fraction of sp³-hybridized carbons (Fsp3) is 0.435. The Morgan fingerprint density at radius 2 is 1.76 bits per heavy atom. The van der Waals surface area contributed by atoms with Gasteiger partial charge in [-0.05, 0) is 60.9 Å². The molecule has 0 atom stereocenters. The smallest absolute Gasteiger partial charge is 0.251 e. The molecule has 0 spiro atoms. The maximum atomic E-state index is 12.7. The molecule has 1 N–H and O–H groups in total. The van der Waals surface area contributed by atoms with Gasteiger partial charge >= 0.3 is 0 Å². The van der Waals surface area contributed by atoms with Gasteiger partial charge < -0.3 is 5.32 Å². The highest BCUT2D eigenvalue weighted by atomic mass is 32.2. The Kier molecular flexibility index (Phi) is 7.09. The number of benzene rings is 2. The van der Waals surface area contributed by atoms with Crippen LogP contribution in [0.4, 0.5) is 0 Å². The largest absolute Gasteiger partial charge is 0.352 e. The van der Waals surface area contributed by atoms with Gasteiger partial charge in [-0.25, -0.2) is 8.42 Å². The molecule has 156 valence electrons. The first-order chi connectivity index (χ1) is 13.9. The lowest BCUT2D eigenvalue weighted by molar-refractivity contribution is 0.0953. The number of nitrogens with one attached hydrogen (secondary N) is 1. The molecule has 1 amide bonds. The van der Waals surface area contributed by atoms with Crippen molar-refractivity contribution in [1.82, 2.24) is 9.62 Å². The van der Waals surface area contributed by atoms with Crippen LogP contribution in [-0.4, -0.2) is 38.3 Å². The van der Waals surface area contributed by atoms with E-state index in [2.05, 4.69) is 43.4 Å². The average Bonchev–Trinajstić information content (AvgIpc) is 3.27. The lowest BCUT2D eigenvalue weighted by Gasteiger charge is -2.16. The van der Waals surface area contributed by atoms with Crippen LogP contribution < -0.4 is 5.32 Å². The Bertz CT molecular complexity index is 931. The molecule has 0 radical (unpaired) electrons. The van der Waals surface area contributed by atoms with Gasteiger partial charge in [0.05, 0.1) is 4.90 Å². The molecule has 6 heteroatoms. The number of hydrogen-bond acceptors (Lipinski definition) is 3. The van der Waals surface area contributed by atoms with E-state index in [0.29, 0.717) is 31.1 Å². The first kappa shape index (κ1) is 21.5. The van der Waals surface area contributed by atoms with Gasteiger partial charge in [-0.1, -0.05) is 44.2 Å². The van der Waals surface area contributed by atoms with Gasteiger partial charge in [-0.2, -0.15) is 4.31 Å². The van der Waals surface area contributed by atoms with Crippen LogP contribution in [0.3, 0.4) is 0 Å². The summed E-state index contributed by atoms with van der Waals surface area (Å²) < 4.78 is 26.9. The van der Waals surface area contributed by atoms with Gasteiger partial charge in [0.1, 0.15) is 0 Å². The molecule has 1 aliphatic heterocycles. The molecule has 3 rings (SSSR count). The molecule has 2 aromatic rings. The Balaban J connectivity index is 1.53. The fourth-order valence-electron chi connectivity index (χ4n) is 3.54. The number of sulfonamides is 1. The normalized spacial score (nSPS) is 15.0. The van der Waals surface area contributed by atoms with Crippen LogP contribution >= 0.6 is 0 Å². The van der Waals surface area contributed by atoms with Gasteiger partial charge in [0.2, 0.25) is 10.0 Å². The maximum Gasteiger partial charge on any atom is 0.251 e. The molecule has 1 aliphatic rings. The predicted molar refractivity (Wildman–Crippen MR) is 116 cm³/mol. The molecule has 1 saturated heterocycles. The average molecular weight is 415 g/mol. The number of carbonyl (C=O) groups is 1. The van der Waals surface area contributed by atoms with E-state index in [4.69, 9.17) is 0 Å². The summed E-state index contributed by atoms with van der Waals surface area (Å²) >= 11 is 0. The zero-order valence-electron chi connectivity index (χ0n) is 17.2. The molecule has 1 fully saturated rings. The summed E-state index contributed by atoms with van der Waals surface area (Å²) in [6, 6.07) is 14.9. The lowest BCUT2D eigenvalue weighted by atomic mass is 10.0. The first-order valence-corrected chi connectivity index (χ1v) is 11.8. The number of carbonyl (C=O) groups excluding carboxylic acids is 1. The first-order valence-electron chi connectivity index (χ1n) is 10.3. The summed E-state index contributed by atoms with van der Waals surface area (Å²) in [6.07, 6.45) is 3.50. The van der Waals surface area contributed by atoms with Gasteiger partial charge in [-0.15, -0.1) is 0 Å². The molecular weight excluding hydrogens is 384 g/mol. The van der Waals surface area contributed by atoms with Gasteiger partial charge in [0.25, 0.3) is 5.91 Å². The van der Waals surface area contributed by atoms with Crippen molar-refractivity contribution in [3.63, 3.8) is 0 Å². The summed E-state index contributed by atoms with van der Waals surface area (Å²) in [5.41, 5.74) is 2.96. The van der Waals surface area contributed by atoms with Crippen LogP contribution in [0.5, 0.6) is 0 Å². The summed E-state index contributed by atoms with van der Waals surface area (Å²) in [6.45, 7) is 6.01. The Morgan fingerprint density at radius 1 is 1.07 bits per heavy atom. The fourth-order valence-corrected chi connectivity index (χ4v) is 5.10. The highest BCUT2D eigenvalue weighted by Gasteiger charge is 2.27. The van der Waals surface area contributed by atoms with E-state index in [1.165, 1.54) is 21.5 Å². The topological polar surface area (TPSA) is 66.5 Å². The van der Waals surface area contributed by atoms with E-state index in [0.717, 1.165) is 25.7 Å². The standard InChI is InChI=1S/C23H30N2O3S/c1-18(2)20-12-10-19(11-13-20)7-6-14-24-23(26)21-8-5-9-22(17-21)29(27,28)25-15-3-4-16-25/h5,8-13,17-18H,3-4,6-7,14-16H2,1-2H3,(H,24,26). The number of rotatable bonds is 8. The van der Waals surface area contributed by atoms with Crippen LogP contribution in [0, 0.1) is 0 Å². The summed E-state index contributed by atoms with van der Waals surface area (Å²) in [5.74, 6) is 0.284. The van der Waals surface area contributed by atoms with Crippen LogP contribution in [0.1, 0.15) is 60.5 Å². The number of aryl methyl sites for hydroxylation is 1. The summed E-state index contributed by atoms with van der Waals surface area (Å²) in [7, 11) is -3.51. The van der Waals surface area contributed by atoms with Crippen molar-refractivity contribution >= 4 is 15.9 Å². The third kappa shape index (κ3) is 5.46. The minimum absolute atomic E-state index is 0.192. The Hall–Kier alpha value is -2.18. The van der Waals surface area contributed by atoms with Gasteiger partial charge in [0.15, 0.2) is 0 Å². The molecule has 0 saturated carbocycles. The van der Waals surface area contributed by atoms with E-state index in [1.54, 1.807) is 18.2 Å². The van der Waals surface area contributed by atoms with Crippen LogP contribution in [0.2, 0.25) is 0 Å². The van der Waals surface area contributed by atoms with Crippen LogP contribution in [0.15, 0.2) is 53.4 Å². The van der Waals surface area contributed by atoms with Crippen LogP contribution in [-0.2, 0) is 16.4 Å². The molecule has 0 aromatic heterocycles. The van der Waals surface area contributed by atoms with E-state index in [1.807, 2.05) is 0 Å². The van der Waals surface area contributed by atoms with Crippen molar-refractivity contribution in [3.8, 4) is 0 Å². The lowest BCUT2D eigenvalue weighted by Crippen LogP contribution is -2.29. The van der Waals surface area contributed by atoms with E-state index in [9.17, 15) is 13.2 Å². The molecule has 2 aromatic carbocycles. The summed E-state index contributed by atoms with van der Waals surface area (Å²) in [4.78, 5) is 12.6. The molecule has 29 heavy (non-hydrogen) atoms. The zero-order chi connectivity index (χ0) is 20.9. The minimum atomic E-state index is -3.51. The van der Waals surface area contributed by atoms with Crippen molar-refractivity contribution < 1.29 is 13.2 Å². The van der Waals surface area contributed by atoms with Crippen molar-refractivity contribution in [3.05, 3.63) is 65.2 Å². The highest BCUT2D eigenvalue weighted by Crippen LogP contribution is 2.21. The third-order valence-corrected chi connectivity index (χ3v) is 7.27. The molecule has 0 bridgehead atoms.